The highest BCUT2D eigenvalue weighted by atomic mass is 16.3. The summed E-state index contributed by atoms with van der Waals surface area (Å²) in [6.07, 6.45) is 3.92. The Morgan fingerprint density at radius 1 is 1.05 bits per heavy atom. The zero-order chi connectivity index (χ0) is 15.1. The van der Waals surface area contributed by atoms with E-state index in [0.717, 1.165) is 16.8 Å². The molecule has 1 N–H and O–H groups in total. The van der Waals surface area contributed by atoms with Crippen LogP contribution < -0.4 is 0 Å². The lowest BCUT2D eigenvalue weighted by Crippen LogP contribution is -1.93. The van der Waals surface area contributed by atoms with Gasteiger partial charge in [-0.3, -0.25) is 0 Å². The molecule has 0 bridgehead atoms. The standard InChI is InChI=1S/C18H14N2O2/c1-12-10-13(20-8-4-5-9-20)11-14(17(12)21)18-19-15-6-2-3-7-16(15)22-18/h2-11,21H,1H3. The molecule has 0 saturated heterocycles. The molecular formula is C18H14N2O2. The minimum atomic E-state index is 0.197. The highest BCUT2D eigenvalue weighted by Gasteiger charge is 2.15. The molecule has 0 aliphatic carbocycles. The number of hydrogen-bond donors (Lipinski definition) is 1. The monoisotopic (exact) mass is 290 g/mol. The lowest BCUT2D eigenvalue weighted by Gasteiger charge is -2.09. The van der Waals surface area contributed by atoms with Crippen LogP contribution in [0.4, 0.5) is 0 Å². The third-order valence-corrected chi connectivity index (χ3v) is 3.71. The summed E-state index contributed by atoms with van der Waals surface area (Å²) >= 11 is 0. The van der Waals surface area contributed by atoms with Crippen molar-refractivity contribution >= 4 is 11.1 Å². The van der Waals surface area contributed by atoms with Crippen LogP contribution in [0.15, 0.2) is 65.3 Å². The third kappa shape index (κ3) is 1.97. The maximum Gasteiger partial charge on any atom is 0.231 e. The average molecular weight is 290 g/mol. The van der Waals surface area contributed by atoms with E-state index in [1.165, 1.54) is 0 Å². The van der Waals surface area contributed by atoms with Gasteiger partial charge in [-0.2, -0.15) is 0 Å². The van der Waals surface area contributed by atoms with Gasteiger partial charge in [0.1, 0.15) is 11.3 Å². The topological polar surface area (TPSA) is 51.2 Å². The van der Waals surface area contributed by atoms with Gasteiger partial charge >= 0.3 is 0 Å². The number of rotatable bonds is 2. The molecule has 0 spiro atoms. The van der Waals surface area contributed by atoms with E-state index in [0.29, 0.717) is 17.0 Å². The SMILES string of the molecule is Cc1cc(-n2cccc2)cc(-c2nc3ccccc3o2)c1O. The first kappa shape index (κ1) is 12.7. The van der Waals surface area contributed by atoms with Gasteiger partial charge in [0.15, 0.2) is 5.58 Å². The Kier molecular flexibility index (Phi) is 2.76. The van der Waals surface area contributed by atoms with E-state index in [1.54, 1.807) is 0 Å². The lowest BCUT2D eigenvalue weighted by molar-refractivity contribution is 0.470. The fraction of sp³-hybridized carbons (Fsp3) is 0.0556. The number of fused-ring (bicyclic) bond motifs is 1. The highest BCUT2D eigenvalue weighted by molar-refractivity contribution is 5.78. The molecule has 4 nitrogen and oxygen atoms in total. The van der Waals surface area contributed by atoms with Crippen molar-refractivity contribution in [1.29, 1.82) is 0 Å². The number of para-hydroxylation sites is 2. The number of phenolic OH excluding ortho intramolecular Hbond substituents is 1. The first-order valence-corrected chi connectivity index (χ1v) is 7.05. The minimum absolute atomic E-state index is 0.197. The van der Waals surface area contributed by atoms with E-state index in [2.05, 4.69) is 4.98 Å². The lowest BCUT2D eigenvalue weighted by atomic mass is 10.1. The van der Waals surface area contributed by atoms with Gasteiger partial charge < -0.3 is 14.1 Å². The maximum absolute atomic E-state index is 10.4. The van der Waals surface area contributed by atoms with Crippen LogP contribution in [0, 0.1) is 6.92 Å². The van der Waals surface area contributed by atoms with Crippen molar-refractivity contribution in [2.24, 2.45) is 0 Å². The molecule has 0 amide bonds. The molecule has 0 fully saturated rings. The highest BCUT2D eigenvalue weighted by Crippen LogP contribution is 2.35. The number of phenols is 1. The summed E-state index contributed by atoms with van der Waals surface area (Å²) < 4.78 is 7.77. The smallest absolute Gasteiger partial charge is 0.231 e. The molecule has 2 aromatic carbocycles. The number of hydrogen-bond acceptors (Lipinski definition) is 3. The quantitative estimate of drug-likeness (QED) is 0.599. The van der Waals surface area contributed by atoms with Gasteiger partial charge in [0.05, 0.1) is 5.56 Å². The van der Waals surface area contributed by atoms with Crippen LogP contribution in [0.25, 0.3) is 28.2 Å². The predicted molar refractivity (Wildman–Crippen MR) is 85.2 cm³/mol. The van der Waals surface area contributed by atoms with E-state index in [-0.39, 0.29) is 5.75 Å². The molecule has 108 valence electrons. The molecule has 4 rings (SSSR count). The Bertz CT molecular complexity index is 920. The summed E-state index contributed by atoms with van der Waals surface area (Å²) in [5, 5.41) is 10.4. The fourth-order valence-corrected chi connectivity index (χ4v) is 2.57. The second-order valence-electron chi connectivity index (χ2n) is 5.24. The Morgan fingerprint density at radius 3 is 2.59 bits per heavy atom. The summed E-state index contributed by atoms with van der Waals surface area (Å²) in [6, 6.07) is 15.3. The number of benzene rings is 2. The summed E-state index contributed by atoms with van der Waals surface area (Å²) in [5.41, 5.74) is 3.82. The van der Waals surface area contributed by atoms with Crippen LogP contribution in [0.3, 0.4) is 0 Å². The van der Waals surface area contributed by atoms with Gasteiger partial charge in [0.25, 0.3) is 0 Å². The average Bonchev–Trinajstić information content (AvgIpc) is 3.18. The van der Waals surface area contributed by atoms with Crippen molar-refractivity contribution in [1.82, 2.24) is 9.55 Å². The minimum Gasteiger partial charge on any atom is -0.507 e. The maximum atomic E-state index is 10.4. The molecule has 0 atom stereocenters. The molecule has 4 aromatic rings. The molecule has 22 heavy (non-hydrogen) atoms. The number of oxazole rings is 1. The first-order valence-electron chi connectivity index (χ1n) is 7.05. The molecule has 0 saturated carbocycles. The van der Waals surface area contributed by atoms with Crippen molar-refractivity contribution in [2.45, 2.75) is 6.92 Å². The predicted octanol–water partition coefficient (Wildman–Crippen LogP) is 4.30. The van der Waals surface area contributed by atoms with Crippen LogP contribution in [-0.4, -0.2) is 14.7 Å². The zero-order valence-electron chi connectivity index (χ0n) is 12.0. The molecule has 2 heterocycles. The second-order valence-corrected chi connectivity index (χ2v) is 5.24. The van der Waals surface area contributed by atoms with Gasteiger partial charge in [0, 0.05) is 18.1 Å². The fourth-order valence-electron chi connectivity index (χ4n) is 2.57. The zero-order valence-corrected chi connectivity index (χ0v) is 12.0. The Morgan fingerprint density at radius 2 is 1.82 bits per heavy atom. The van der Waals surface area contributed by atoms with E-state index in [1.807, 2.05) is 72.4 Å². The van der Waals surface area contributed by atoms with Crippen LogP contribution in [0.5, 0.6) is 5.75 Å². The molecule has 0 radical (unpaired) electrons. The first-order chi connectivity index (χ1) is 10.7. The Hall–Kier alpha value is -3.01. The van der Waals surface area contributed by atoms with E-state index >= 15 is 0 Å². The molecule has 2 aromatic heterocycles. The molecule has 4 heteroatoms. The van der Waals surface area contributed by atoms with Crippen molar-refractivity contribution in [3.63, 3.8) is 0 Å². The molecular weight excluding hydrogens is 276 g/mol. The summed E-state index contributed by atoms with van der Waals surface area (Å²) in [4.78, 5) is 4.47. The van der Waals surface area contributed by atoms with E-state index in [9.17, 15) is 5.11 Å². The van der Waals surface area contributed by atoms with Crippen molar-refractivity contribution in [3.8, 4) is 22.9 Å². The second kappa shape index (κ2) is 4.77. The normalized spacial score (nSPS) is 11.1. The summed E-state index contributed by atoms with van der Waals surface area (Å²) in [5.74, 6) is 0.623. The number of nitrogens with zero attached hydrogens (tertiary/aromatic N) is 2. The van der Waals surface area contributed by atoms with E-state index in [4.69, 9.17) is 4.42 Å². The van der Waals surface area contributed by atoms with Crippen LogP contribution in [0.2, 0.25) is 0 Å². The van der Waals surface area contributed by atoms with Gasteiger partial charge in [-0.15, -0.1) is 0 Å². The van der Waals surface area contributed by atoms with Gasteiger partial charge in [-0.1, -0.05) is 12.1 Å². The van der Waals surface area contributed by atoms with Crippen LogP contribution in [-0.2, 0) is 0 Å². The molecule has 0 unspecified atom stereocenters. The van der Waals surface area contributed by atoms with Crippen molar-refractivity contribution in [2.75, 3.05) is 0 Å². The van der Waals surface area contributed by atoms with E-state index < -0.39 is 0 Å². The number of aromatic nitrogens is 2. The van der Waals surface area contributed by atoms with Gasteiger partial charge in [0.2, 0.25) is 5.89 Å². The number of aromatic hydroxyl groups is 1. The largest absolute Gasteiger partial charge is 0.507 e. The molecule has 0 aliphatic heterocycles. The van der Waals surface area contributed by atoms with Crippen molar-refractivity contribution < 1.29 is 9.52 Å². The summed E-state index contributed by atoms with van der Waals surface area (Å²) in [6.45, 7) is 1.87. The van der Waals surface area contributed by atoms with Gasteiger partial charge in [-0.25, -0.2) is 4.98 Å². The Labute approximate surface area is 127 Å². The van der Waals surface area contributed by atoms with Crippen LogP contribution in [0.1, 0.15) is 5.56 Å². The van der Waals surface area contributed by atoms with Crippen molar-refractivity contribution in [3.05, 3.63) is 66.5 Å². The van der Waals surface area contributed by atoms with Gasteiger partial charge in [-0.05, 0) is 48.9 Å². The number of aryl methyl sites for hydroxylation is 1. The molecule has 0 aliphatic rings. The third-order valence-electron chi connectivity index (χ3n) is 3.71. The summed E-state index contributed by atoms with van der Waals surface area (Å²) in [7, 11) is 0. The Balaban J connectivity index is 1.93. The van der Waals surface area contributed by atoms with Crippen LogP contribution >= 0.6 is 0 Å².